The van der Waals surface area contributed by atoms with Gasteiger partial charge in [-0.3, -0.25) is 14.4 Å². The smallest absolute Gasteiger partial charge is 0.252 e. The number of nitrogens with one attached hydrogen (secondary N) is 2. The number of rotatable bonds is 10. The SMILES string of the molecule is CC(C)C[C@H](NC(=O)[C@H](CO)NC(=O)c1ccc2c(c1)CC(C)(C)O2)C(=O)[C@@]1(CO)CO1. The molecule has 0 unspecified atom stereocenters. The Labute approximate surface area is 187 Å². The molecule has 2 aliphatic heterocycles. The van der Waals surface area contributed by atoms with Crippen LogP contribution in [0, 0.1) is 5.92 Å². The van der Waals surface area contributed by atoms with Crippen molar-refractivity contribution in [1.29, 1.82) is 0 Å². The van der Waals surface area contributed by atoms with E-state index < -0.39 is 48.5 Å². The highest BCUT2D eigenvalue weighted by Crippen LogP contribution is 2.35. The lowest BCUT2D eigenvalue weighted by molar-refractivity contribution is -0.133. The molecule has 0 bridgehead atoms. The molecule has 0 saturated carbocycles. The summed E-state index contributed by atoms with van der Waals surface area (Å²) < 4.78 is 10.9. The fourth-order valence-corrected chi connectivity index (χ4v) is 3.88. The van der Waals surface area contributed by atoms with Gasteiger partial charge in [-0.05, 0) is 49.9 Å². The summed E-state index contributed by atoms with van der Waals surface area (Å²) in [6.45, 7) is 6.72. The number of fused-ring (bicyclic) bond motifs is 1. The van der Waals surface area contributed by atoms with Crippen molar-refractivity contribution >= 4 is 17.6 Å². The zero-order chi connectivity index (χ0) is 23.7. The van der Waals surface area contributed by atoms with Gasteiger partial charge in [0.25, 0.3) is 5.91 Å². The highest BCUT2D eigenvalue weighted by atomic mass is 16.6. The number of ketones is 1. The average molecular weight is 449 g/mol. The Hall–Kier alpha value is -2.49. The molecule has 1 aromatic rings. The van der Waals surface area contributed by atoms with Crippen molar-refractivity contribution in [2.24, 2.45) is 5.92 Å². The second-order valence-electron chi connectivity index (χ2n) is 9.57. The maximum absolute atomic E-state index is 12.8. The predicted molar refractivity (Wildman–Crippen MR) is 115 cm³/mol. The highest BCUT2D eigenvalue weighted by molar-refractivity contribution is 6.00. The Morgan fingerprint density at radius 2 is 1.81 bits per heavy atom. The summed E-state index contributed by atoms with van der Waals surface area (Å²) in [6, 6.07) is 2.89. The summed E-state index contributed by atoms with van der Waals surface area (Å²) >= 11 is 0. The molecular weight excluding hydrogens is 416 g/mol. The van der Waals surface area contributed by atoms with Crippen molar-refractivity contribution < 1.29 is 34.1 Å². The lowest BCUT2D eigenvalue weighted by Gasteiger charge is -2.24. The van der Waals surface area contributed by atoms with E-state index in [4.69, 9.17) is 9.47 Å². The number of Topliss-reactive ketones (excluding diaryl/α,β-unsaturated/α-hetero) is 1. The molecule has 1 fully saturated rings. The minimum Gasteiger partial charge on any atom is -0.487 e. The van der Waals surface area contributed by atoms with Gasteiger partial charge in [-0.15, -0.1) is 0 Å². The van der Waals surface area contributed by atoms with Gasteiger partial charge in [-0.25, -0.2) is 0 Å². The number of carbonyl (C=O) groups excluding carboxylic acids is 3. The fraction of sp³-hybridized carbons (Fsp3) is 0.609. The summed E-state index contributed by atoms with van der Waals surface area (Å²) in [6.07, 6.45) is 0.990. The molecule has 32 heavy (non-hydrogen) atoms. The fourth-order valence-electron chi connectivity index (χ4n) is 3.88. The van der Waals surface area contributed by atoms with Gasteiger partial charge in [0.2, 0.25) is 5.91 Å². The highest BCUT2D eigenvalue weighted by Gasteiger charge is 2.54. The van der Waals surface area contributed by atoms with Crippen LogP contribution >= 0.6 is 0 Å². The Morgan fingerprint density at radius 1 is 1.12 bits per heavy atom. The van der Waals surface area contributed by atoms with Crippen LogP contribution in [0.5, 0.6) is 5.75 Å². The van der Waals surface area contributed by atoms with E-state index >= 15 is 0 Å². The van der Waals surface area contributed by atoms with Crippen LogP contribution in [-0.4, -0.2) is 70.9 Å². The summed E-state index contributed by atoms with van der Waals surface area (Å²) in [5.41, 5.74) is -0.378. The number of aliphatic hydroxyl groups is 2. The molecule has 4 N–H and O–H groups in total. The Kier molecular flexibility index (Phi) is 6.92. The zero-order valence-corrected chi connectivity index (χ0v) is 18.9. The molecule has 9 heteroatoms. The molecule has 1 aromatic carbocycles. The van der Waals surface area contributed by atoms with Gasteiger partial charge < -0.3 is 30.3 Å². The number of epoxide rings is 1. The first-order valence-electron chi connectivity index (χ1n) is 10.8. The number of aliphatic hydroxyl groups excluding tert-OH is 2. The zero-order valence-electron chi connectivity index (χ0n) is 18.9. The summed E-state index contributed by atoms with van der Waals surface area (Å²) in [7, 11) is 0. The predicted octanol–water partition coefficient (Wildman–Crippen LogP) is 0.352. The number of benzene rings is 1. The van der Waals surface area contributed by atoms with Crippen molar-refractivity contribution in [2.45, 2.75) is 63.8 Å². The Balaban J connectivity index is 1.67. The summed E-state index contributed by atoms with van der Waals surface area (Å²) in [5, 5.41) is 24.3. The van der Waals surface area contributed by atoms with Gasteiger partial charge in [0.15, 0.2) is 11.4 Å². The topological polar surface area (TPSA) is 137 Å². The third-order valence-corrected chi connectivity index (χ3v) is 5.67. The molecule has 0 aliphatic carbocycles. The van der Waals surface area contributed by atoms with Crippen LogP contribution in [0.2, 0.25) is 0 Å². The molecule has 0 spiro atoms. The number of amides is 2. The molecule has 176 valence electrons. The van der Waals surface area contributed by atoms with Gasteiger partial charge in [-0.2, -0.15) is 0 Å². The molecule has 2 heterocycles. The molecule has 0 radical (unpaired) electrons. The molecule has 3 rings (SSSR count). The van der Waals surface area contributed by atoms with Crippen molar-refractivity contribution in [3.05, 3.63) is 29.3 Å². The second kappa shape index (κ2) is 9.17. The number of hydrogen-bond acceptors (Lipinski definition) is 7. The first kappa shape index (κ1) is 24.2. The molecule has 2 amide bonds. The molecule has 0 aromatic heterocycles. The van der Waals surface area contributed by atoms with Crippen LogP contribution in [0.4, 0.5) is 0 Å². The first-order valence-corrected chi connectivity index (χ1v) is 10.8. The van der Waals surface area contributed by atoms with E-state index in [2.05, 4.69) is 10.6 Å². The molecule has 9 nitrogen and oxygen atoms in total. The van der Waals surface area contributed by atoms with Crippen LogP contribution in [0.15, 0.2) is 18.2 Å². The van der Waals surface area contributed by atoms with Gasteiger partial charge in [0.05, 0.1) is 25.9 Å². The van der Waals surface area contributed by atoms with Crippen molar-refractivity contribution in [3.8, 4) is 5.75 Å². The standard InChI is InChI=1S/C23H32N2O7/c1-13(2)7-16(19(28)23(11-27)12-31-23)24-21(30)17(10-26)25-20(29)14-5-6-18-15(8-14)9-22(3,4)32-18/h5-6,8,13,16-17,26-27H,7,9-12H2,1-4H3,(H,24,30)(H,25,29)/t16-,17-,23+/m0/s1. The summed E-state index contributed by atoms with van der Waals surface area (Å²) in [4.78, 5) is 38.3. The Bertz CT molecular complexity index is 892. The van der Waals surface area contributed by atoms with Gasteiger partial charge in [0.1, 0.15) is 17.4 Å². The van der Waals surface area contributed by atoms with Crippen LogP contribution in [0.25, 0.3) is 0 Å². The normalized spacial score (nSPS) is 22.5. The van der Waals surface area contributed by atoms with E-state index in [9.17, 15) is 24.6 Å². The third-order valence-electron chi connectivity index (χ3n) is 5.67. The third kappa shape index (κ3) is 5.28. The van der Waals surface area contributed by atoms with Crippen LogP contribution < -0.4 is 15.4 Å². The van der Waals surface area contributed by atoms with Crippen LogP contribution in [0.3, 0.4) is 0 Å². The lowest BCUT2D eigenvalue weighted by atomic mass is 9.92. The lowest BCUT2D eigenvalue weighted by Crippen LogP contribution is -2.55. The number of carbonyl (C=O) groups is 3. The maximum atomic E-state index is 12.8. The van der Waals surface area contributed by atoms with Crippen LogP contribution in [-0.2, 0) is 20.7 Å². The van der Waals surface area contributed by atoms with Crippen molar-refractivity contribution in [3.63, 3.8) is 0 Å². The minimum absolute atomic E-state index is 0.0822. The average Bonchev–Trinajstić information content (AvgIpc) is 3.46. The molecule has 2 aliphatic rings. The summed E-state index contributed by atoms with van der Waals surface area (Å²) in [5.74, 6) is -0.807. The van der Waals surface area contributed by atoms with Crippen LogP contribution in [0.1, 0.15) is 50.0 Å². The van der Waals surface area contributed by atoms with Gasteiger partial charge in [-0.1, -0.05) is 13.8 Å². The van der Waals surface area contributed by atoms with Gasteiger partial charge >= 0.3 is 0 Å². The van der Waals surface area contributed by atoms with E-state index in [1.807, 2.05) is 27.7 Å². The van der Waals surface area contributed by atoms with Crippen molar-refractivity contribution in [2.75, 3.05) is 19.8 Å². The largest absolute Gasteiger partial charge is 0.487 e. The van der Waals surface area contributed by atoms with E-state index in [1.165, 1.54) is 0 Å². The van der Waals surface area contributed by atoms with E-state index in [-0.39, 0.29) is 18.1 Å². The quantitative estimate of drug-likeness (QED) is 0.379. The van der Waals surface area contributed by atoms with E-state index in [1.54, 1.807) is 18.2 Å². The molecule has 3 atom stereocenters. The van der Waals surface area contributed by atoms with Crippen molar-refractivity contribution in [1.82, 2.24) is 10.6 Å². The first-order chi connectivity index (χ1) is 15.0. The number of hydrogen-bond donors (Lipinski definition) is 4. The maximum Gasteiger partial charge on any atom is 0.252 e. The van der Waals surface area contributed by atoms with Gasteiger partial charge in [0, 0.05) is 12.0 Å². The Morgan fingerprint density at radius 3 is 2.38 bits per heavy atom. The number of ether oxygens (including phenoxy) is 2. The molecular formula is C23H32N2O7. The monoisotopic (exact) mass is 448 g/mol. The minimum atomic E-state index is -1.27. The van der Waals surface area contributed by atoms with E-state index in [0.29, 0.717) is 18.4 Å². The molecule has 1 saturated heterocycles. The van der Waals surface area contributed by atoms with E-state index in [0.717, 1.165) is 11.3 Å². The second-order valence-corrected chi connectivity index (χ2v) is 9.57.